The van der Waals surface area contributed by atoms with E-state index in [1.165, 1.54) is 17.4 Å². The molecule has 0 saturated heterocycles. The Labute approximate surface area is 161 Å². The summed E-state index contributed by atoms with van der Waals surface area (Å²) in [4.78, 5) is 26.5. The first-order valence-electron chi connectivity index (χ1n) is 7.88. The largest absolute Gasteiger partial charge is 0.452 e. The number of hydrogen-bond donors (Lipinski definition) is 0. The van der Waals surface area contributed by atoms with Crippen LogP contribution in [0.4, 0.5) is 0 Å². The van der Waals surface area contributed by atoms with Gasteiger partial charge < -0.3 is 9.64 Å². The molecule has 0 bridgehead atoms. The summed E-state index contributed by atoms with van der Waals surface area (Å²) >= 11 is 7.31. The molecule has 0 aliphatic heterocycles. The van der Waals surface area contributed by atoms with E-state index >= 15 is 0 Å². The summed E-state index contributed by atoms with van der Waals surface area (Å²) < 4.78 is 5.67. The lowest BCUT2D eigenvalue weighted by atomic mass is 10.1. The van der Waals surface area contributed by atoms with Crippen molar-refractivity contribution >= 4 is 40.9 Å². The third kappa shape index (κ3) is 6.03. The van der Waals surface area contributed by atoms with Crippen molar-refractivity contribution in [2.45, 2.75) is 13.5 Å². The molecule has 0 aliphatic rings. The number of carbonyl (C=O) groups is 2. The van der Waals surface area contributed by atoms with Crippen LogP contribution in [0.25, 0.3) is 6.08 Å². The van der Waals surface area contributed by atoms with Gasteiger partial charge in [0.15, 0.2) is 6.61 Å². The monoisotopic (exact) mass is 388 g/mol. The summed E-state index contributed by atoms with van der Waals surface area (Å²) in [7, 11) is 0. The van der Waals surface area contributed by atoms with Gasteiger partial charge in [0.2, 0.25) is 0 Å². The second kappa shape index (κ2) is 9.76. The number of rotatable bonds is 7. The third-order valence-corrected chi connectivity index (χ3v) is 4.72. The fourth-order valence-corrected chi connectivity index (χ4v) is 3.21. The van der Waals surface area contributed by atoms with Crippen molar-refractivity contribution < 1.29 is 14.3 Å². The first-order chi connectivity index (χ1) is 12.5. The van der Waals surface area contributed by atoms with Crippen LogP contribution in [-0.2, 0) is 20.9 Å². The number of esters is 1. The zero-order valence-electron chi connectivity index (χ0n) is 14.1. The van der Waals surface area contributed by atoms with E-state index in [1.807, 2.05) is 19.1 Å². The third-order valence-electron chi connectivity index (χ3n) is 3.50. The molecule has 0 N–H and O–H groups in total. The van der Waals surface area contributed by atoms with Gasteiger partial charge in [-0.2, -0.15) is 5.26 Å². The van der Waals surface area contributed by atoms with Crippen LogP contribution in [0, 0.1) is 11.3 Å². The molecule has 1 aromatic heterocycles. The van der Waals surface area contributed by atoms with E-state index in [2.05, 4.69) is 0 Å². The highest BCUT2D eigenvalue weighted by molar-refractivity contribution is 7.16. The van der Waals surface area contributed by atoms with Crippen molar-refractivity contribution in [3.8, 4) is 6.07 Å². The fourth-order valence-electron chi connectivity index (χ4n) is 2.11. The molecule has 1 aromatic carbocycles. The molecule has 26 heavy (non-hydrogen) atoms. The number of amides is 1. The van der Waals surface area contributed by atoms with Crippen molar-refractivity contribution in [2.24, 2.45) is 0 Å². The average molecular weight is 389 g/mol. The van der Waals surface area contributed by atoms with E-state index in [4.69, 9.17) is 21.6 Å². The van der Waals surface area contributed by atoms with Crippen LogP contribution in [0.1, 0.15) is 22.9 Å². The van der Waals surface area contributed by atoms with Crippen molar-refractivity contribution in [3.63, 3.8) is 0 Å². The summed E-state index contributed by atoms with van der Waals surface area (Å²) in [5.74, 6) is -0.866. The summed E-state index contributed by atoms with van der Waals surface area (Å²) in [6.45, 7) is 2.49. The SMILES string of the molecule is CCN(Cc1ccc(Cl)s1)C(=O)COC(=O)/C=C/c1ccc(C#N)cc1. The number of benzene rings is 1. The maximum Gasteiger partial charge on any atom is 0.331 e. The molecule has 1 heterocycles. The van der Waals surface area contributed by atoms with Gasteiger partial charge >= 0.3 is 5.97 Å². The minimum Gasteiger partial charge on any atom is -0.452 e. The predicted octanol–water partition coefficient (Wildman–Crippen LogP) is 3.88. The van der Waals surface area contributed by atoms with Crippen LogP contribution in [0.2, 0.25) is 4.34 Å². The summed E-state index contributed by atoms with van der Waals surface area (Å²) in [6.07, 6.45) is 2.82. The fraction of sp³-hybridized carbons (Fsp3) is 0.211. The Morgan fingerprint density at radius 3 is 2.58 bits per heavy atom. The average Bonchev–Trinajstić information content (AvgIpc) is 3.07. The molecule has 2 rings (SSSR count). The number of ether oxygens (including phenoxy) is 1. The summed E-state index contributed by atoms with van der Waals surface area (Å²) in [5, 5.41) is 8.74. The second-order valence-electron chi connectivity index (χ2n) is 5.29. The Hall–Kier alpha value is -2.62. The predicted molar refractivity (Wildman–Crippen MR) is 102 cm³/mol. The van der Waals surface area contributed by atoms with Crippen LogP contribution in [0.3, 0.4) is 0 Å². The molecular weight excluding hydrogens is 372 g/mol. The van der Waals surface area contributed by atoms with E-state index in [1.54, 1.807) is 41.3 Å². The highest BCUT2D eigenvalue weighted by atomic mass is 35.5. The number of hydrogen-bond acceptors (Lipinski definition) is 5. The van der Waals surface area contributed by atoms with Crippen LogP contribution < -0.4 is 0 Å². The topological polar surface area (TPSA) is 70.4 Å². The summed E-state index contributed by atoms with van der Waals surface area (Å²) in [5.41, 5.74) is 1.30. The van der Waals surface area contributed by atoms with Crippen LogP contribution in [0.15, 0.2) is 42.5 Å². The molecule has 0 unspecified atom stereocenters. The Morgan fingerprint density at radius 2 is 2.00 bits per heavy atom. The molecule has 0 aliphatic carbocycles. The Balaban J connectivity index is 1.83. The standard InChI is InChI=1S/C19H17ClN2O3S/c1-2-22(12-16-8-9-17(20)26-16)18(23)13-25-19(24)10-7-14-3-5-15(11-21)6-4-14/h3-10H,2,12-13H2,1H3/b10-7+. The molecule has 0 saturated carbocycles. The molecule has 134 valence electrons. The molecule has 0 fully saturated rings. The van der Waals surface area contributed by atoms with E-state index < -0.39 is 5.97 Å². The van der Waals surface area contributed by atoms with Crippen LogP contribution in [0.5, 0.6) is 0 Å². The maximum atomic E-state index is 12.2. The van der Waals surface area contributed by atoms with Crippen molar-refractivity contribution in [2.75, 3.05) is 13.2 Å². The van der Waals surface area contributed by atoms with Crippen molar-refractivity contribution in [3.05, 3.63) is 62.8 Å². The Morgan fingerprint density at radius 1 is 1.27 bits per heavy atom. The molecule has 2 aromatic rings. The van der Waals surface area contributed by atoms with Gasteiger partial charge in [-0.15, -0.1) is 11.3 Å². The molecule has 7 heteroatoms. The quantitative estimate of drug-likeness (QED) is 0.533. The molecule has 0 atom stereocenters. The van der Waals surface area contributed by atoms with E-state index in [-0.39, 0.29) is 12.5 Å². The number of nitriles is 1. The van der Waals surface area contributed by atoms with Gasteiger partial charge in [-0.05, 0) is 42.8 Å². The Bertz CT molecular complexity index is 837. The minimum atomic E-state index is -0.599. The first-order valence-corrected chi connectivity index (χ1v) is 9.08. The number of halogens is 1. The highest BCUT2D eigenvalue weighted by Crippen LogP contribution is 2.22. The zero-order valence-corrected chi connectivity index (χ0v) is 15.7. The van der Waals surface area contributed by atoms with Gasteiger partial charge in [-0.25, -0.2) is 4.79 Å². The lowest BCUT2D eigenvalue weighted by molar-refractivity contribution is -0.148. The second-order valence-corrected chi connectivity index (χ2v) is 7.09. The van der Waals surface area contributed by atoms with E-state index in [0.29, 0.717) is 23.0 Å². The van der Waals surface area contributed by atoms with E-state index in [9.17, 15) is 9.59 Å². The Kier molecular flexibility index (Phi) is 7.39. The molecule has 1 amide bonds. The molecule has 5 nitrogen and oxygen atoms in total. The van der Waals surface area contributed by atoms with Gasteiger partial charge in [0, 0.05) is 17.5 Å². The summed E-state index contributed by atoms with van der Waals surface area (Å²) in [6, 6.07) is 12.4. The van der Waals surface area contributed by atoms with Gasteiger partial charge in [-0.1, -0.05) is 23.7 Å². The van der Waals surface area contributed by atoms with Gasteiger partial charge in [0.1, 0.15) is 0 Å². The number of thiophene rings is 1. The van der Waals surface area contributed by atoms with Gasteiger partial charge in [-0.3, -0.25) is 4.79 Å². The lowest BCUT2D eigenvalue weighted by Gasteiger charge is -2.19. The number of likely N-dealkylation sites (N-methyl/N-ethyl adjacent to an activating group) is 1. The van der Waals surface area contributed by atoms with Crippen LogP contribution in [-0.4, -0.2) is 29.9 Å². The highest BCUT2D eigenvalue weighted by Gasteiger charge is 2.14. The normalized spacial score (nSPS) is 10.5. The number of carbonyl (C=O) groups excluding carboxylic acids is 2. The maximum absolute atomic E-state index is 12.2. The molecule has 0 spiro atoms. The first kappa shape index (κ1) is 19.7. The smallest absolute Gasteiger partial charge is 0.331 e. The minimum absolute atomic E-state index is 0.267. The molecular formula is C19H17ClN2O3S. The van der Waals surface area contributed by atoms with Gasteiger partial charge in [0.05, 0.1) is 22.5 Å². The van der Waals surface area contributed by atoms with Crippen molar-refractivity contribution in [1.29, 1.82) is 5.26 Å². The van der Waals surface area contributed by atoms with Crippen molar-refractivity contribution in [1.82, 2.24) is 4.90 Å². The van der Waals surface area contributed by atoms with Gasteiger partial charge in [0.25, 0.3) is 5.91 Å². The molecule has 0 radical (unpaired) electrons. The van der Waals surface area contributed by atoms with Crippen LogP contribution >= 0.6 is 22.9 Å². The zero-order chi connectivity index (χ0) is 18.9. The lowest BCUT2D eigenvalue weighted by Crippen LogP contribution is -2.33. The van der Waals surface area contributed by atoms with E-state index in [0.717, 1.165) is 10.4 Å². The number of nitrogens with zero attached hydrogens (tertiary/aromatic N) is 2.